The quantitative estimate of drug-likeness (QED) is 0.914. The maximum Gasteiger partial charge on any atom is 0.0954 e. The lowest BCUT2D eigenvalue weighted by molar-refractivity contribution is 0.574. The van der Waals surface area contributed by atoms with Gasteiger partial charge in [0, 0.05) is 23.3 Å². The number of rotatable bonds is 5. The molecule has 4 heteroatoms. The van der Waals surface area contributed by atoms with Crippen molar-refractivity contribution in [3.8, 4) is 0 Å². The fourth-order valence-electron chi connectivity index (χ4n) is 2.26. The summed E-state index contributed by atoms with van der Waals surface area (Å²) in [5.74, 6) is 0. The van der Waals surface area contributed by atoms with E-state index in [1.807, 2.05) is 12.5 Å². The molecule has 2 aromatic rings. The molecule has 1 atom stereocenters. The van der Waals surface area contributed by atoms with E-state index >= 15 is 0 Å². The van der Waals surface area contributed by atoms with Gasteiger partial charge in [-0.1, -0.05) is 28.1 Å². The monoisotopic (exact) mass is 319 g/mol. The molecule has 0 spiro atoms. The summed E-state index contributed by atoms with van der Waals surface area (Å²) in [5.41, 5.74) is 2.55. The smallest absolute Gasteiger partial charge is 0.0954 e. The maximum absolute atomic E-state index is 4.30. The highest BCUT2D eigenvalue weighted by molar-refractivity contribution is 9.10. The van der Waals surface area contributed by atoms with Crippen LogP contribution in [0.25, 0.3) is 0 Å². The molecule has 100 valence electrons. The third kappa shape index (κ3) is 3.07. The lowest BCUT2D eigenvalue weighted by Gasteiger charge is -2.17. The highest BCUT2D eigenvalue weighted by Gasteiger charge is 2.21. The highest BCUT2D eigenvalue weighted by Crippen LogP contribution is 2.23. The predicted molar refractivity (Wildman–Crippen MR) is 80.0 cm³/mol. The third-order valence-corrected chi connectivity index (χ3v) is 4.19. The zero-order valence-electron chi connectivity index (χ0n) is 11.0. The van der Waals surface area contributed by atoms with Crippen LogP contribution in [0.5, 0.6) is 0 Å². The molecular weight excluding hydrogens is 302 g/mol. The predicted octanol–water partition coefficient (Wildman–Crippen LogP) is 3.51. The Morgan fingerprint density at radius 2 is 2.11 bits per heavy atom. The number of hydrogen-bond donors (Lipinski definition) is 1. The van der Waals surface area contributed by atoms with Crippen LogP contribution in [0.2, 0.25) is 0 Å². The molecule has 3 rings (SSSR count). The van der Waals surface area contributed by atoms with Crippen LogP contribution in [0.15, 0.2) is 41.3 Å². The van der Waals surface area contributed by atoms with Crippen molar-refractivity contribution in [2.24, 2.45) is 0 Å². The Morgan fingerprint density at radius 3 is 2.79 bits per heavy atom. The van der Waals surface area contributed by atoms with E-state index < -0.39 is 0 Å². The van der Waals surface area contributed by atoms with Crippen molar-refractivity contribution in [2.45, 2.75) is 38.4 Å². The molecule has 0 amide bonds. The first-order valence-corrected chi connectivity index (χ1v) is 7.53. The van der Waals surface area contributed by atoms with E-state index in [9.17, 15) is 0 Å². The van der Waals surface area contributed by atoms with Crippen LogP contribution in [0.1, 0.15) is 37.1 Å². The van der Waals surface area contributed by atoms with Crippen LogP contribution in [0, 0.1) is 0 Å². The van der Waals surface area contributed by atoms with E-state index in [-0.39, 0.29) is 0 Å². The second-order valence-corrected chi connectivity index (χ2v) is 6.09. The molecule has 19 heavy (non-hydrogen) atoms. The van der Waals surface area contributed by atoms with Crippen molar-refractivity contribution in [3.63, 3.8) is 0 Å². The van der Waals surface area contributed by atoms with E-state index in [0.29, 0.717) is 6.04 Å². The van der Waals surface area contributed by atoms with Gasteiger partial charge in [-0.25, -0.2) is 4.98 Å². The molecule has 1 saturated carbocycles. The van der Waals surface area contributed by atoms with E-state index in [4.69, 9.17) is 0 Å². The Hall–Kier alpha value is -1.13. The van der Waals surface area contributed by atoms with Gasteiger partial charge >= 0.3 is 0 Å². The van der Waals surface area contributed by atoms with Crippen LogP contribution in [0.3, 0.4) is 0 Å². The molecular formula is C15H18BrN3. The van der Waals surface area contributed by atoms with Crippen molar-refractivity contribution in [3.05, 3.63) is 52.5 Å². The molecule has 1 aromatic heterocycles. The number of benzene rings is 1. The minimum absolute atomic E-state index is 0.312. The standard InChI is InChI=1S/C15H18BrN3/c1-11(12-2-4-13(16)5-3-12)19-10-17-8-15(19)9-18-14-6-7-14/h2-5,8,10-11,14,18H,6-7,9H2,1H3. The van der Waals surface area contributed by atoms with Crippen molar-refractivity contribution in [1.82, 2.24) is 14.9 Å². The van der Waals surface area contributed by atoms with Gasteiger partial charge in [-0.3, -0.25) is 0 Å². The van der Waals surface area contributed by atoms with Crippen LogP contribution >= 0.6 is 15.9 Å². The van der Waals surface area contributed by atoms with Crippen molar-refractivity contribution in [1.29, 1.82) is 0 Å². The van der Waals surface area contributed by atoms with E-state index in [0.717, 1.165) is 17.1 Å². The normalized spacial score (nSPS) is 16.5. The van der Waals surface area contributed by atoms with E-state index in [1.165, 1.54) is 24.1 Å². The van der Waals surface area contributed by atoms with Gasteiger partial charge < -0.3 is 9.88 Å². The van der Waals surface area contributed by atoms with Gasteiger partial charge in [-0.15, -0.1) is 0 Å². The van der Waals surface area contributed by atoms with Gasteiger partial charge in [0.2, 0.25) is 0 Å². The molecule has 1 heterocycles. The van der Waals surface area contributed by atoms with E-state index in [1.54, 1.807) is 0 Å². The number of nitrogens with one attached hydrogen (secondary N) is 1. The summed E-state index contributed by atoms with van der Waals surface area (Å²) in [4.78, 5) is 4.30. The number of halogens is 1. The molecule has 1 aromatic carbocycles. The molecule has 0 bridgehead atoms. The van der Waals surface area contributed by atoms with Crippen LogP contribution in [-0.2, 0) is 6.54 Å². The number of imidazole rings is 1. The highest BCUT2D eigenvalue weighted by atomic mass is 79.9. The van der Waals surface area contributed by atoms with Gasteiger partial charge in [0.05, 0.1) is 18.1 Å². The Balaban J connectivity index is 1.76. The molecule has 1 unspecified atom stereocenters. The van der Waals surface area contributed by atoms with Gasteiger partial charge in [0.15, 0.2) is 0 Å². The zero-order chi connectivity index (χ0) is 13.2. The fourth-order valence-corrected chi connectivity index (χ4v) is 2.52. The summed E-state index contributed by atoms with van der Waals surface area (Å²) in [7, 11) is 0. The molecule has 1 aliphatic rings. The molecule has 1 fully saturated rings. The zero-order valence-corrected chi connectivity index (χ0v) is 12.6. The Morgan fingerprint density at radius 1 is 1.37 bits per heavy atom. The summed E-state index contributed by atoms with van der Waals surface area (Å²) >= 11 is 3.48. The second-order valence-electron chi connectivity index (χ2n) is 5.17. The summed E-state index contributed by atoms with van der Waals surface area (Å²) in [6.45, 7) is 3.12. The maximum atomic E-state index is 4.30. The van der Waals surface area contributed by atoms with Gasteiger partial charge in [0.1, 0.15) is 0 Å². The van der Waals surface area contributed by atoms with Gasteiger partial charge in [-0.2, -0.15) is 0 Å². The Kier molecular flexibility index (Phi) is 3.71. The Bertz CT molecular complexity index is 543. The van der Waals surface area contributed by atoms with Gasteiger partial charge in [0.25, 0.3) is 0 Å². The van der Waals surface area contributed by atoms with Crippen LogP contribution in [0.4, 0.5) is 0 Å². The van der Waals surface area contributed by atoms with Crippen molar-refractivity contribution >= 4 is 15.9 Å². The average molecular weight is 320 g/mol. The summed E-state index contributed by atoms with van der Waals surface area (Å²) in [6, 6.07) is 9.54. The summed E-state index contributed by atoms with van der Waals surface area (Å²) < 4.78 is 3.36. The molecule has 0 saturated heterocycles. The minimum Gasteiger partial charge on any atom is -0.326 e. The first-order valence-electron chi connectivity index (χ1n) is 6.73. The summed E-state index contributed by atoms with van der Waals surface area (Å²) in [5, 5.41) is 3.55. The molecule has 1 aliphatic carbocycles. The van der Waals surface area contributed by atoms with Crippen molar-refractivity contribution < 1.29 is 0 Å². The number of aromatic nitrogens is 2. The third-order valence-electron chi connectivity index (χ3n) is 3.67. The number of nitrogens with zero attached hydrogens (tertiary/aromatic N) is 2. The lowest BCUT2D eigenvalue weighted by Crippen LogP contribution is -2.19. The molecule has 1 N–H and O–H groups in total. The SMILES string of the molecule is CC(c1ccc(Br)cc1)n1cncc1CNC1CC1. The first kappa shape index (κ1) is 12.9. The Labute approximate surface area is 122 Å². The second kappa shape index (κ2) is 5.47. The molecule has 3 nitrogen and oxygen atoms in total. The summed E-state index contributed by atoms with van der Waals surface area (Å²) in [6.07, 6.45) is 6.52. The lowest BCUT2D eigenvalue weighted by atomic mass is 10.1. The van der Waals surface area contributed by atoms with Crippen LogP contribution in [-0.4, -0.2) is 15.6 Å². The molecule has 0 radical (unpaired) electrons. The van der Waals surface area contributed by atoms with Crippen LogP contribution < -0.4 is 5.32 Å². The van der Waals surface area contributed by atoms with E-state index in [2.05, 4.69) is 62.0 Å². The first-order chi connectivity index (χ1) is 9.24. The molecule has 0 aliphatic heterocycles. The fraction of sp³-hybridized carbons (Fsp3) is 0.400. The van der Waals surface area contributed by atoms with Crippen molar-refractivity contribution in [2.75, 3.05) is 0 Å². The minimum atomic E-state index is 0.312. The average Bonchev–Trinajstić information content (AvgIpc) is 3.13. The number of hydrogen-bond acceptors (Lipinski definition) is 2. The van der Waals surface area contributed by atoms with Gasteiger partial charge in [-0.05, 0) is 37.5 Å². The topological polar surface area (TPSA) is 29.9 Å². The largest absolute Gasteiger partial charge is 0.326 e.